The molecule has 23 heavy (non-hydrogen) atoms. The summed E-state index contributed by atoms with van der Waals surface area (Å²) in [7, 11) is 1.83. The molecule has 7 nitrogen and oxygen atoms in total. The number of amides is 1. The molecule has 0 aliphatic carbocycles. The summed E-state index contributed by atoms with van der Waals surface area (Å²) >= 11 is 0. The molecule has 0 saturated heterocycles. The van der Waals surface area contributed by atoms with Gasteiger partial charge in [-0.05, 0) is 34.1 Å². The Labute approximate surface area is 138 Å². The second-order valence-electron chi connectivity index (χ2n) is 6.46. The number of aliphatic imine (C=N–C) groups is 1. The molecular weight excluding hydrogens is 294 g/mol. The summed E-state index contributed by atoms with van der Waals surface area (Å²) in [5, 5.41) is 10.1. The molecule has 1 aromatic rings. The number of hydrogen-bond acceptors (Lipinski definition) is 4. The van der Waals surface area contributed by atoms with E-state index >= 15 is 0 Å². The van der Waals surface area contributed by atoms with Crippen molar-refractivity contribution in [2.75, 3.05) is 20.1 Å². The first-order valence-corrected chi connectivity index (χ1v) is 8.00. The summed E-state index contributed by atoms with van der Waals surface area (Å²) in [6.07, 6.45) is 0.833. The van der Waals surface area contributed by atoms with Crippen molar-refractivity contribution in [1.82, 2.24) is 20.7 Å². The van der Waals surface area contributed by atoms with E-state index in [-0.39, 0.29) is 18.0 Å². The van der Waals surface area contributed by atoms with Crippen LogP contribution in [-0.2, 0) is 17.8 Å². The maximum atomic E-state index is 12.0. The van der Waals surface area contributed by atoms with E-state index in [0.29, 0.717) is 18.3 Å². The maximum Gasteiger partial charge on any atom is 0.240 e. The summed E-state index contributed by atoms with van der Waals surface area (Å²) in [4.78, 5) is 18.3. The highest BCUT2D eigenvalue weighted by Crippen LogP contribution is 2.06. The fraction of sp³-hybridized carbons (Fsp3) is 0.688. The molecule has 0 spiro atoms. The molecule has 0 saturated carbocycles. The van der Waals surface area contributed by atoms with Gasteiger partial charge in [-0.1, -0.05) is 12.1 Å². The third kappa shape index (κ3) is 7.17. The number of carbonyl (C=O) groups is 1. The summed E-state index contributed by atoms with van der Waals surface area (Å²) in [6, 6.07) is 1.90. The Bertz CT molecular complexity index is 531. The van der Waals surface area contributed by atoms with Crippen LogP contribution in [0.3, 0.4) is 0 Å². The highest BCUT2D eigenvalue weighted by Gasteiger charge is 2.16. The Morgan fingerprint density at radius 2 is 2.09 bits per heavy atom. The predicted octanol–water partition coefficient (Wildman–Crippen LogP) is 1.55. The monoisotopic (exact) mass is 323 g/mol. The number of aromatic nitrogens is 1. The van der Waals surface area contributed by atoms with Crippen LogP contribution in [0.5, 0.6) is 0 Å². The summed E-state index contributed by atoms with van der Waals surface area (Å²) in [6.45, 7) is 11.2. The molecule has 0 bridgehead atoms. The molecule has 1 amide bonds. The van der Waals surface area contributed by atoms with E-state index in [2.05, 4.69) is 20.8 Å². The van der Waals surface area contributed by atoms with Gasteiger partial charge >= 0.3 is 0 Å². The fourth-order valence-corrected chi connectivity index (χ4v) is 1.97. The third-order valence-corrected chi connectivity index (χ3v) is 2.95. The van der Waals surface area contributed by atoms with Crippen molar-refractivity contribution < 1.29 is 9.32 Å². The Morgan fingerprint density at radius 1 is 1.39 bits per heavy atom. The average Bonchev–Trinajstić information content (AvgIpc) is 2.89. The maximum absolute atomic E-state index is 12.0. The van der Waals surface area contributed by atoms with Crippen molar-refractivity contribution in [3.63, 3.8) is 0 Å². The molecule has 7 heteroatoms. The van der Waals surface area contributed by atoms with Crippen LogP contribution in [0.4, 0.5) is 0 Å². The molecule has 1 rings (SSSR count). The van der Waals surface area contributed by atoms with E-state index in [4.69, 9.17) is 4.52 Å². The second-order valence-corrected chi connectivity index (χ2v) is 6.46. The molecule has 2 N–H and O–H groups in total. The van der Waals surface area contributed by atoms with Crippen LogP contribution in [-0.4, -0.2) is 47.6 Å². The zero-order valence-corrected chi connectivity index (χ0v) is 15.1. The van der Waals surface area contributed by atoms with Gasteiger partial charge in [-0.3, -0.25) is 4.79 Å². The third-order valence-electron chi connectivity index (χ3n) is 2.95. The molecule has 1 heterocycles. The van der Waals surface area contributed by atoms with E-state index < -0.39 is 0 Å². The highest BCUT2D eigenvalue weighted by molar-refractivity contribution is 5.86. The lowest BCUT2D eigenvalue weighted by Gasteiger charge is -2.25. The highest BCUT2D eigenvalue weighted by atomic mass is 16.5. The number of carbonyl (C=O) groups excluding carboxylic acids is 1. The minimum Gasteiger partial charge on any atom is -0.359 e. The van der Waals surface area contributed by atoms with Crippen LogP contribution < -0.4 is 10.6 Å². The van der Waals surface area contributed by atoms with Crippen molar-refractivity contribution >= 4 is 11.9 Å². The lowest BCUT2D eigenvalue weighted by Crippen LogP contribution is -2.48. The van der Waals surface area contributed by atoms with Gasteiger partial charge in [0, 0.05) is 25.2 Å². The van der Waals surface area contributed by atoms with Crippen molar-refractivity contribution in [1.29, 1.82) is 0 Å². The second kappa shape index (κ2) is 8.55. The van der Waals surface area contributed by atoms with Gasteiger partial charge in [0.05, 0.1) is 12.2 Å². The molecule has 0 aliphatic heterocycles. The number of nitrogens with one attached hydrogen (secondary N) is 2. The number of rotatable bonds is 6. The first kappa shape index (κ1) is 19.0. The van der Waals surface area contributed by atoms with Crippen molar-refractivity contribution in [3.8, 4) is 0 Å². The fourth-order valence-electron chi connectivity index (χ4n) is 1.97. The first-order chi connectivity index (χ1) is 10.7. The number of aryl methyl sites for hydroxylation is 1. The Kier molecular flexibility index (Phi) is 7.06. The smallest absolute Gasteiger partial charge is 0.240 e. The van der Waals surface area contributed by atoms with E-state index in [1.807, 2.05) is 47.7 Å². The van der Waals surface area contributed by atoms with E-state index in [1.54, 1.807) is 4.90 Å². The molecular formula is C16H29N5O2. The molecule has 0 radical (unpaired) electrons. The van der Waals surface area contributed by atoms with Gasteiger partial charge in [0.2, 0.25) is 5.91 Å². The number of hydrogen-bond donors (Lipinski definition) is 2. The molecule has 0 aromatic carbocycles. The van der Waals surface area contributed by atoms with Gasteiger partial charge in [0.25, 0.3) is 0 Å². The Balaban J connectivity index is 2.67. The summed E-state index contributed by atoms with van der Waals surface area (Å²) in [5.41, 5.74) is 0.669. The predicted molar refractivity (Wildman–Crippen MR) is 91.2 cm³/mol. The average molecular weight is 323 g/mol. The SMILES string of the molecule is CCNC(=NCc1cc(CC)no1)N(C)CC(=O)NC(C)(C)C. The summed E-state index contributed by atoms with van der Waals surface area (Å²) in [5.74, 6) is 1.33. The van der Waals surface area contributed by atoms with Crippen molar-refractivity contribution in [3.05, 3.63) is 17.5 Å². The van der Waals surface area contributed by atoms with Crippen molar-refractivity contribution in [2.24, 2.45) is 4.99 Å². The van der Waals surface area contributed by atoms with Crippen LogP contribution in [0.15, 0.2) is 15.6 Å². The van der Waals surface area contributed by atoms with Gasteiger partial charge < -0.3 is 20.1 Å². The summed E-state index contributed by atoms with van der Waals surface area (Å²) < 4.78 is 5.23. The van der Waals surface area contributed by atoms with Gasteiger partial charge in [-0.15, -0.1) is 0 Å². The Hall–Kier alpha value is -2.05. The van der Waals surface area contributed by atoms with Crippen LogP contribution >= 0.6 is 0 Å². The van der Waals surface area contributed by atoms with E-state index in [9.17, 15) is 4.79 Å². The largest absolute Gasteiger partial charge is 0.359 e. The van der Waals surface area contributed by atoms with E-state index in [1.165, 1.54) is 0 Å². The quantitative estimate of drug-likeness (QED) is 0.613. The number of likely N-dealkylation sites (N-methyl/N-ethyl adjacent to an activating group) is 1. The van der Waals surface area contributed by atoms with E-state index in [0.717, 1.165) is 18.7 Å². The molecule has 0 fully saturated rings. The molecule has 1 aromatic heterocycles. The normalized spacial score (nSPS) is 12.2. The molecule has 130 valence electrons. The van der Waals surface area contributed by atoms with Crippen LogP contribution in [0.1, 0.15) is 46.1 Å². The number of guanidine groups is 1. The van der Waals surface area contributed by atoms with Gasteiger partial charge in [-0.2, -0.15) is 0 Å². The first-order valence-electron chi connectivity index (χ1n) is 8.00. The lowest BCUT2D eigenvalue weighted by molar-refractivity contribution is -0.122. The van der Waals surface area contributed by atoms with Gasteiger partial charge in [-0.25, -0.2) is 4.99 Å². The van der Waals surface area contributed by atoms with Crippen molar-refractivity contribution in [2.45, 2.75) is 53.1 Å². The standard InChI is InChI=1S/C16H29N5O2/c1-7-12-9-13(23-20-12)10-18-15(17-8-2)21(6)11-14(22)19-16(3,4)5/h9H,7-8,10-11H2,1-6H3,(H,17,18)(H,19,22). The lowest BCUT2D eigenvalue weighted by atomic mass is 10.1. The molecule has 0 aliphatic rings. The number of nitrogens with zero attached hydrogens (tertiary/aromatic N) is 3. The van der Waals surface area contributed by atoms with Crippen LogP contribution in [0.2, 0.25) is 0 Å². The van der Waals surface area contributed by atoms with Gasteiger partial charge in [0.15, 0.2) is 11.7 Å². The molecule has 0 unspecified atom stereocenters. The molecule has 0 atom stereocenters. The Morgan fingerprint density at radius 3 is 2.61 bits per heavy atom. The topological polar surface area (TPSA) is 82.8 Å². The van der Waals surface area contributed by atoms with Crippen LogP contribution in [0, 0.1) is 0 Å². The van der Waals surface area contributed by atoms with Gasteiger partial charge in [0.1, 0.15) is 6.54 Å². The minimum atomic E-state index is -0.246. The minimum absolute atomic E-state index is 0.0430. The van der Waals surface area contributed by atoms with Crippen LogP contribution in [0.25, 0.3) is 0 Å². The zero-order valence-electron chi connectivity index (χ0n) is 15.1. The zero-order chi connectivity index (χ0) is 17.5.